The van der Waals surface area contributed by atoms with E-state index in [1.54, 1.807) is 0 Å². The van der Waals surface area contributed by atoms with E-state index in [9.17, 15) is 4.79 Å². The average Bonchev–Trinajstić information content (AvgIpc) is 3.16. The lowest BCUT2D eigenvalue weighted by Crippen LogP contribution is -2.23. The minimum atomic E-state index is -0.446. The van der Waals surface area contributed by atoms with Crippen molar-refractivity contribution in [2.45, 2.75) is 84.8 Å². The fraction of sp³-hybridized carbons (Fsp3) is 0.464. The molecule has 0 aliphatic rings. The van der Waals surface area contributed by atoms with Gasteiger partial charge in [0.1, 0.15) is 23.1 Å². The number of carbonyl (C=O) groups excluding carboxylic acids is 1. The number of hydrogen-bond donors (Lipinski definition) is 0. The van der Waals surface area contributed by atoms with Crippen LogP contribution in [-0.4, -0.2) is 27.6 Å². The zero-order chi connectivity index (χ0) is 24.6. The Balaban J connectivity index is 1.75. The Kier molecular flexibility index (Phi) is 8.85. The van der Waals surface area contributed by atoms with Gasteiger partial charge in [-0.1, -0.05) is 55.8 Å². The lowest BCUT2D eigenvalue weighted by Gasteiger charge is -2.19. The van der Waals surface area contributed by atoms with E-state index in [1.165, 1.54) is 6.33 Å². The Morgan fingerprint density at radius 3 is 2.62 bits per heavy atom. The van der Waals surface area contributed by atoms with Crippen molar-refractivity contribution in [3.63, 3.8) is 0 Å². The Hall–Kier alpha value is -3.15. The molecule has 1 aromatic carbocycles. The van der Waals surface area contributed by atoms with E-state index in [0.29, 0.717) is 18.0 Å². The normalized spacial score (nSPS) is 12.9. The highest BCUT2D eigenvalue weighted by molar-refractivity contribution is 5.95. The summed E-state index contributed by atoms with van der Waals surface area (Å²) >= 11 is 0. The Morgan fingerprint density at radius 2 is 1.91 bits per heavy atom. The van der Waals surface area contributed by atoms with Crippen LogP contribution in [0.15, 0.2) is 47.2 Å². The second kappa shape index (κ2) is 11.8. The molecule has 0 radical (unpaired) electrons. The monoisotopic (exact) mass is 464 g/mol. The largest absolute Gasteiger partial charge is 0.474 e. The van der Waals surface area contributed by atoms with Gasteiger partial charge in [-0.3, -0.25) is 4.79 Å². The summed E-state index contributed by atoms with van der Waals surface area (Å²) in [5.74, 6) is 1.12. The van der Waals surface area contributed by atoms with Crippen LogP contribution in [0, 0.1) is 0 Å². The second-order valence-electron chi connectivity index (χ2n) is 9.52. The highest BCUT2D eigenvalue weighted by atomic mass is 16.6. The third-order valence-electron chi connectivity index (χ3n) is 5.24. The highest BCUT2D eigenvalue weighted by Crippen LogP contribution is 2.38. The molecule has 6 nitrogen and oxygen atoms in total. The smallest absolute Gasteiger partial charge is 0.306 e. The maximum absolute atomic E-state index is 11.9. The number of rotatable bonds is 11. The van der Waals surface area contributed by atoms with Gasteiger partial charge in [0, 0.05) is 17.5 Å². The predicted octanol–water partition coefficient (Wildman–Crippen LogP) is 7.37. The molecule has 0 aliphatic heterocycles. The van der Waals surface area contributed by atoms with Gasteiger partial charge in [-0.05, 0) is 53.4 Å². The highest BCUT2D eigenvalue weighted by Gasteiger charge is 2.21. The number of hydrogen-bond acceptors (Lipinski definition) is 6. The number of nitrogens with zero attached hydrogens (tertiary/aromatic N) is 2. The molecule has 182 valence electrons. The first kappa shape index (κ1) is 25.5. The lowest BCUT2D eigenvalue weighted by atomic mass is 10.1. The van der Waals surface area contributed by atoms with Crippen LogP contribution in [0.5, 0.6) is 5.88 Å². The van der Waals surface area contributed by atoms with Gasteiger partial charge in [-0.15, -0.1) is 0 Å². The van der Waals surface area contributed by atoms with Crippen molar-refractivity contribution in [1.82, 2.24) is 9.97 Å². The van der Waals surface area contributed by atoms with E-state index < -0.39 is 5.60 Å². The number of fused-ring (bicyclic) bond motifs is 1. The molecule has 0 saturated heterocycles. The van der Waals surface area contributed by atoms with Crippen molar-refractivity contribution in [2.75, 3.05) is 0 Å². The first-order chi connectivity index (χ1) is 16.3. The molecule has 1 atom stereocenters. The molecule has 0 spiro atoms. The summed E-state index contributed by atoms with van der Waals surface area (Å²) in [5, 5.41) is 0.786. The number of furan rings is 1. The van der Waals surface area contributed by atoms with Gasteiger partial charge in [-0.2, -0.15) is 0 Å². The fourth-order valence-electron chi connectivity index (χ4n) is 3.69. The van der Waals surface area contributed by atoms with Gasteiger partial charge < -0.3 is 13.9 Å². The standard InChI is InChI=1S/C28H36N2O4/c1-6-7-9-17-22-24-26(32-20(2)14-12-13-18-23(31)34-28(3,4)5)29-19-30-27(24)33-25(22)21-15-10-8-11-16-21/h8-11,15-17,19-20H,6-7,12-14,18H2,1-5H3/t20-/m1/s1. The zero-order valence-electron chi connectivity index (χ0n) is 21.0. The van der Waals surface area contributed by atoms with Crippen LogP contribution in [0.3, 0.4) is 0 Å². The number of unbranched alkanes of at least 4 members (excludes halogenated alkanes) is 2. The molecule has 0 N–H and O–H groups in total. The summed E-state index contributed by atoms with van der Waals surface area (Å²) in [6.45, 7) is 9.82. The predicted molar refractivity (Wildman–Crippen MR) is 136 cm³/mol. The molecule has 0 fully saturated rings. The topological polar surface area (TPSA) is 74.5 Å². The van der Waals surface area contributed by atoms with Crippen LogP contribution in [0.4, 0.5) is 0 Å². The molecule has 0 saturated carbocycles. The molecule has 0 unspecified atom stereocenters. The second-order valence-corrected chi connectivity index (χ2v) is 9.52. The van der Waals surface area contributed by atoms with Crippen LogP contribution >= 0.6 is 0 Å². The molecule has 3 rings (SSSR count). The number of aromatic nitrogens is 2. The molecule has 0 bridgehead atoms. The summed E-state index contributed by atoms with van der Waals surface area (Å²) in [4.78, 5) is 20.7. The third kappa shape index (κ3) is 7.17. The van der Waals surface area contributed by atoms with E-state index in [0.717, 1.165) is 54.4 Å². The van der Waals surface area contributed by atoms with Crippen molar-refractivity contribution in [3.8, 4) is 17.2 Å². The van der Waals surface area contributed by atoms with Crippen molar-refractivity contribution in [2.24, 2.45) is 0 Å². The van der Waals surface area contributed by atoms with Crippen LogP contribution < -0.4 is 4.74 Å². The van der Waals surface area contributed by atoms with Gasteiger partial charge in [0.25, 0.3) is 0 Å². The number of carbonyl (C=O) groups is 1. The van der Waals surface area contributed by atoms with Gasteiger partial charge >= 0.3 is 5.97 Å². The number of ether oxygens (including phenoxy) is 2. The van der Waals surface area contributed by atoms with Crippen LogP contribution in [-0.2, 0) is 9.53 Å². The molecule has 3 aromatic rings. The number of allylic oxidation sites excluding steroid dienone is 1. The molecule has 0 amide bonds. The van der Waals surface area contributed by atoms with Crippen LogP contribution in [0.1, 0.15) is 78.7 Å². The van der Waals surface area contributed by atoms with Gasteiger partial charge in [-0.25, -0.2) is 9.97 Å². The van der Waals surface area contributed by atoms with Gasteiger partial charge in [0.15, 0.2) is 0 Å². The SMILES string of the molecule is CCCC=Cc1c(-c2ccccc2)oc2ncnc(O[C@H](C)CCCCC(=O)OC(C)(C)C)c12. The molecule has 6 heteroatoms. The van der Waals surface area contributed by atoms with E-state index in [1.807, 2.05) is 58.0 Å². The van der Waals surface area contributed by atoms with Gasteiger partial charge in [0.05, 0.1) is 6.10 Å². The molecule has 2 aromatic heterocycles. The molecule has 2 heterocycles. The Labute approximate surface area is 202 Å². The Bertz CT molecular complexity index is 1100. The number of benzene rings is 1. The molecule has 0 aliphatic carbocycles. The van der Waals surface area contributed by atoms with Crippen LogP contribution in [0.2, 0.25) is 0 Å². The summed E-state index contributed by atoms with van der Waals surface area (Å²) in [6, 6.07) is 10.0. The minimum Gasteiger partial charge on any atom is -0.474 e. The summed E-state index contributed by atoms with van der Waals surface area (Å²) in [6.07, 6.45) is 10.5. The molecular weight excluding hydrogens is 428 g/mol. The van der Waals surface area contributed by atoms with Crippen molar-refractivity contribution < 1.29 is 18.7 Å². The lowest BCUT2D eigenvalue weighted by molar-refractivity contribution is -0.154. The fourth-order valence-corrected chi connectivity index (χ4v) is 3.69. The molecule has 34 heavy (non-hydrogen) atoms. The van der Waals surface area contributed by atoms with E-state index in [2.05, 4.69) is 29.0 Å². The average molecular weight is 465 g/mol. The zero-order valence-corrected chi connectivity index (χ0v) is 21.0. The van der Waals surface area contributed by atoms with Crippen molar-refractivity contribution >= 4 is 23.1 Å². The first-order valence-electron chi connectivity index (χ1n) is 12.2. The first-order valence-corrected chi connectivity index (χ1v) is 12.2. The summed E-state index contributed by atoms with van der Waals surface area (Å²) < 4.78 is 17.8. The summed E-state index contributed by atoms with van der Waals surface area (Å²) in [5.41, 5.74) is 1.98. The van der Waals surface area contributed by atoms with E-state index >= 15 is 0 Å². The number of esters is 1. The minimum absolute atomic E-state index is 0.0701. The Morgan fingerprint density at radius 1 is 1.15 bits per heavy atom. The molecular formula is C28H36N2O4. The van der Waals surface area contributed by atoms with E-state index in [4.69, 9.17) is 13.9 Å². The maximum Gasteiger partial charge on any atom is 0.306 e. The third-order valence-corrected chi connectivity index (χ3v) is 5.24. The van der Waals surface area contributed by atoms with Crippen LogP contribution in [0.25, 0.3) is 28.5 Å². The summed E-state index contributed by atoms with van der Waals surface area (Å²) in [7, 11) is 0. The van der Waals surface area contributed by atoms with Crippen molar-refractivity contribution in [1.29, 1.82) is 0 Å². The maximum atomic E-state index is 11.9. The quantitative estimate of drug-likeness (QED) is 0.218. The van der Waals surface area contributed by atoms with Gasteiger partial charge in [0.2, 0.25) is 11.6 Å². The van der Waals surface area contributed by atoms with Crippen molar-refractivity contribution in [3.05, 3.63) is 48.3 Å². The van der Waals surface area contributed by atoms with E-state index in [-0.39, 0.29) is 12.1 Å².